The molecule has 0 aromatic heterocycles. The van der Waals surface area contributed by atoms with Gasteiger partial charge in [-0.15, -0.1) is 0 Å². The van der Waals surface area contributed by atoms with Crippen LogP contribution in [0.15, 0.2) is 12.2 Å². The van der Waals surface area contributed by atoms with E-state index in [-0.39, 0.29) is 6.09 Å². The van der Waals surface area contributed by atoms with Crippen molar-refractivity contribution >= 4 is 10.1 Å². The first-order valence-electron chi connectivity index (χ1n) is 4.18. The summed E-state index contributed by atoms with van der Waals surface area (Å²) in [5, 5.41) is 0. The molecule has 1 heterocycles. The molecule has 100 valence electrons. The molecule has 1 aliphatic heterocycles. The number of hydrogen-bond acceptors (Lipinski definition) is 2. The molecule has 0 aliphatic carbocycles. The fourth-order valence-corrected chi connectivity index (χ4v) is 1.91. The zero-order valence-corrected chi connectivity index (χ0v) is 12.8. The summed E-state index contributed by atoms with van der Waals surface area (Å²) in [5.41, 5.74) is 0. The average molecular weight is 435 g/mol. The minimum absolute atomic E-state index is 0.215. The zero-order chi connectivity index (χ0) is 16.3. The van der Waals surface area contributed by atoms with Crippen molar-refractivity contribution in [1.29, 1.82) is 0 Å². The molecule has 8 heteroatoms. The molecule has 1 aliphatic rings. The number of carbonyl (C=O) groups is 1. The number of rotatable bonds is 2. The Morgan fingerprint density at radius 2 is 1.63 bits per heavy atom. The fraction of sp³-hybridized carbons (Fsp3) is 0.273. The second-order valence-corrected chi connectivity index (χ2v) is 3.61. The van der Waals surface area contributed by atoms with Crippen molar-refractivity contribution in [3.05, 3.63) is 38.8 Å². The molecule has 1 saturated heterocycles. The third kappa shape index (κ3) is 14.5. The van der Waals surface area contributed by atoms with Gasteiger partial charge in [0.1, 0.15) is 0 Å². The quantitative estimate of drug-likeness (QED) is 0.467. The Morgan fingerprint density at radius 3 is 1.89 bits per heavy atom. The molecular weight excluding hydrogens is 426 g/mol. The van der Waals surface area contributed by atoms with Crippen LogP contribution in [0.1, 0.15) is 6.92 Å². The van der Waals surface area contributed by atoms with Gasteiger partial charge in [-0.3, -0.25) is 0 Å². The summed E-state index contributed by atoms with van der Waals surface area (Å²) in [4.78, 5) is 12.6. The van der Waals surface area contributed by atoms with Crippen molar-refractivity contribution in [2.45, 2.75) is 6.92 Å². The summed E-state index contributed by atoms with van der Waals surface area (Å²) < 4.78 is 35.8. The molecule has 0 N–H and O–H groups in total. The molecule has 1 fully saturated rings. The van der Waals surface area contributed by atoms with E-state index in [9.17, 15) is 4.79 Å². The zero-order valence-electron chi connectivity index (χ0n) is 9.87. The summed E-state index contributed by atoms with van der Waals surface area (Å²) in [5.74, 6) is 0. The van der Waals surface area contributed by atoms with Crippen LogP contribution in [0.2, 0.25) is 0 Å². The van der Waals surface area contributed by atoms with Crippen LogP contribution in [0, 0.1) is 26.6 Å². The maximum atomic E-state index is 11.0. The molecule has 0 unspecified atom stereocenters. The first-order chi connectivity index (χ1) is 9.25. The Hall–Kier alpha value is -1.47. The van der Waals surface area contributed by atoms with E-state index in [1.54, 1.807) is 4.90 Å². The van der Waals surface area contributed by atoms with Crippen LogP contribution >= 0.6 is 0 Å². The van der Waals surface area contributed by atoms with Gasteiger partial charge in [0.05, 0.1) is 0 Å². The summed E-state index contributed by atoms with van der Waals surface area (Å²) >= 11 is 1.29. The maximum absolute atomic E-state index is 11.0. The Kier molecular flexibility index (Phi) is 35.0. The average Bonchev–Trinajstić information content (AvgIpc) is 2.94. The third-order valence-electron chi connectivity index (χ3n) is 1.34. The Morgan fingerprint density at radius 1 is 1.21 bits per heavy atom. The Bertz CT molecular complexity index is 331. The summed E-state index contributed by atoms with van der Waals surface area (Å²) in [6.07, 6.45) is 3.64. The van der Waals surface area contributed by atoms with Gasteiger partial charge in [0.25, 0.3) is 0 Å². The van der Waals surface area contributed by atoms with Gasteiger partial charge in [0, 0.05) is 0 Å². The van der Waals surface area contributed by atoms with Gasteiger partial charge in [0.2, 0.25) is 0 Å². The summed E-state index contributed by atoms with van der Waals surface area (Å²) in [6, 6.07) is 0. The molecule has 1 rings (SSSR count). The van der Waals surface area contributed by atoms with Crippen LogP contribution in [0.3, 0.4) is 0 Å². The number of nitrogens with zero attached hydrogens (tertiary/aromatic N) is 1. The van der Waals surface area contributed by atoms with E-state index in [1.807, 2.05) is 19.1 Å². The van der Waals surface area contributed by atoms with E-state index in [0.717, 1.165) is 4.02 Å². The molecule has 0 aromatic carbocycles. The molecule has 19 heavy (non-hydrogen) atoms. The van der Waals surface area contributed by atoms with Crippen molar-refractivity contribution in [3.63, 3.8) is 0 Å². The van der Waals surface area contributed by atoms with Crippen LogP contribution in [0.4, 0.5) is 4.79 Å². The standard InChI is InChI=1S/C7H9NO2.4CO.W/c1-2-3-4-8-5-6-10-7(8)9;4*1-2;/h2-3H,5-6H2,1H3;;;;;/b3-2+;;;;;. The molecule has 0 spiro atoms. The van der Waals surface area contributed by atoms with Crippen molar-refractivity contribution in [2.24, 2.45) is 0 Å². The minimum atomic E-state index is -0.215. The van der Waals surface area contributed by atoms with Crippen molar-refractivity contribution in [3.8, 4) is 0 Å². The van der Waals surface area contributed by atoms with Gasteiger partial charge in [-0.2, -0.15) is 0 Å². The van der Waals surface area contributed by atoms with Crippen LogP contribution < -0.4 is 0 Å². The molecule has 1 amide bonds. The predicted octanol–water partition coefficient (Wildman–Crippen LogP) is 0.541. The predicted molar refractivity (Wildman–Crippen MR) is 53.6 cm³/mol. The second-order valence-electron chi connectivity index (χ2n) is 2.10. The van der Waals surface area contributed by atoms with E-state index in [1.165, 1.54) is 19.4 Å². The number of cyclic esters (lactones) is 1. The first-order valence-corrected chi connectivity index (χ1v) is 5.65. The van der Waals surface area contributed by atoms with Crippen molar-refractivity contribution < 1.29 is 47.5 Å². The fourth-order valence-electron chi connectivity index (χ4n) is 0.826. The van der Waals surface area contributed by atoms with Gasteiger partial charge >= 0.3 is 121 Å². The van der Waals surface area contributed by atoms with E-state index in [0.29, 0.717) is 13.2 Å². The first kappa shape index (κ1) is 26.2. The molecule has 0 aromatic rings. The van der Waals surface area contributed by atoms with Gasteiger partial charge in [0.15, 0.2) is 0 Å². The van der Waals surface area contributed by atoms with Crippen molar-refractivity contribution in [1.82, 2.24) is 4.90 Å². The molecule has 0 bridgehead atoms. The van der Waals surface area contributed by atoms with E-state index in [2.05, 4.69) is 26.6 Å². The van der Waals surface area contributed by atoms with Crippen LogP contribution in [-0.2, 0) is 42.7 Å². The van der Waals surface area contributed by atoms with Crippen molar-refractivity contribution in [2.75, 3.05) is 13.2 Å². The van der Waals surface area contributed by atoms with Gasteiger partial charge in [-0.05, 0) is 0 Å². The van der Waals surface area contributed by atoms with E-state index in [4.69, 9.17) is 23.3 Å². The normalized spacial score (nSPS) is 10.6. The number of allylic oxidation sites excluding steroid dienone is 1. The summed E-state index contributed by atoms with van der Waals surface area (Å²) in [6.45, 7) is 21.2. The number of hydrogen-bond donors (Lipinski definition) is 0. The molecule has 7 nitrogen and oxygen atoms in total. The second kappa shape index (κ2) is 25.4. The van der Waals surface area contributed by atoms with Gasteiger partial charge < -0.3 is 0 Å². The molecule has 0 radical (unpaired) electrons. The Labute approximate surface area is 121 Å². The topological polar surface area (TPSA) is 109 Å². The molecular formula is C11H9NO6W. The summed E-state index contributed by atoms with van der Waals surface area (Å²) in [7, 11) is 0. The van der Waals surface area contributed by atoms with Crippen LogP contribution in [0.5, 0.6) is 0 Å². The van der Waals surface area contributed by atoms with E-state index < -0.39 is 0 Å². The number of amides is 1. The monoisotopic (exact) mass is 435 g/mol. The Balaban J connectivity index is -0.000000121. The van der Waals surface area contributed by atoms with Gasteiger partial charge in [-0.25, -0.2) is 0 Å². The van der Waals surface area contributed by atoms with Crippen LogP contribution in [0.25, 0.3) is 0 Å². The van der Waals surface area contributed by atoms with E-state index >= 15 is 0 Å². The third-order valence-corrected chi connectivity index (χ3v) is 2.62. The molecule has 0 saturated carbocycles. The SMILES string of the molecule is C/C=C/[C](=[W])N1CCOC1=O.[C-]#[O+].[C-]#[O+].[C-]#[O+].[C-]#[O+]. The van der Waals surface area contributed by atoms with Gasteiger partial charge in [-0.1, -0.05) is 0 Å². The molecule has 0 atom stereocenters. The number of ether oxygens (including phenoxy) is 1. The number of carbonyl (C=O) groups excluding carboxylic acids is 1. The van der Waals surface area contributed by atoms with Crippen LogP contribution in [-0.4, -0.2) is 28.2 Å².